The number of benzene rings is 2. The third-order valence-corrected chi connectivity index (χ3v) is 3.41. The van der Waals surface area contributed by atoms with Crippen molar-refractivity contribution in [3.8, 4) is 0 Å². The molecule has 0 aromatic heterocycles. The van der Waals surface area contributed by atoms with Gasteiger partial charge in [0.2, 0.25) is 0 Å². The van der Waals surface area contributed by atoms with Crippen molar-refractivity contribution in [1.29, 1.82) is 0 Å². The summed E-state index contributed by atoms with van der Waals surface area (Å²) < 4.78 is 10.5. The number of carbonyl (C=O) groups is 2. The molecule has 0 saturated heterocycles. The molecule has 0 spiro atoms. The number of rotatable bonds is 6. The summed E-state index contributed by atoms with van der Waals surface area (Å²) in [6, 6.07) is 16.6. The number of hydrogen-bond donors (Lipinski definition) is 1. The van der Waals surface area contributed by atoms with E-state index in [1.165, 1.54) is 0 Å². The summed E-state index contributed by atoms with van der Waals surface area (Å²) >= 11 is 0. The molecule has 0 radical (unpaired) electrons. The van der Waals surface area contributed by atoms with Crippen LogP contribution in [0, 0.1) is 0 Å². The van der Waals surface area contributed by atoms with Gasteiger partial charge in [-0.15, -0.1) is 0 Å². The molecular formula is C22H25NO4. The second kappa shape index (κ2) is 9.57. The fourth-order valence-electron chi connectivity index (χ4n) is 2.22. The van der Waals surface area contributed by atoms with E-state index in [9.17, 15) is 9.59 Å². The van der Waals surface area contributed by atoms with Crippen molar-refractivity contribution in [3.05, 3.63) is 77.4 Å². The van der Waals surface area contributed by atoms with Crippen LogP contribution >= 0.6 is 0 Å². The molecule has 2 rings (SSSR count). The first-order valence-corrected chi connectivity index (χ1v) is 8.78. The predicted octanol–water partition coefficient (Wildman–Crippen LogP) is 4.58. The largest absolute Gasteiger partial charge is 0.456 e. The van der Waals surface area contributed by atoms with E-state index in [1.54, 1.807) is 24.3 Å². The van der Waals surface area contributed by atoms with Crippen molar-refractivity contribution in [1.82, 2.24) is 5.32 Å². The minimum absolute atomic E-state index is 0.230. The van der Waals surface area contributed by atoms with Gasteiger partial charge in [0.15, 0.2) is 0 Å². The van der Waals surface area contributed by atoms with E-state index >= 15 is 0 Å². The lowest BCUT2D eigenvalue weighted by Crippen LogP contribution is -2.24. The van der Waals surface area contributed by atoms with Crippen LogP contribution in [0.1, 0.15) is 42.3 Å². The van der Waals surface area contributed by atoms with E-state index in [4.69, 9.17) is 9.47 Å². The summed E-state index contributed by atoms with van der Waals surface area (Å²) in [5.41, 5.74) is 1.73. The van der Waals surface area contributed by atoms with Crippen molar-refractivity contribution >= 4 is 18.1 Å². The zero-order valence-electron chi connectivity index (χ0n) is 15.9. The number of hydrogen-bond acceptors (Lipinski definition) is 4. The normalized spacial score (nSPS) is 11.2. The molecule has 0 saturated carbocycles. The molecule has 0 aliphatic heterocycles. The highest BCUT2D eigenvalue weighted by Crippen LogP contribution is 2.14. The van der Waals surface area contributed by atoms with Crippen molar-refractivity contribution in [2.45, 2.75) is 33.0 Å². The number of carbonyl (C=O) groups excluding carboxylic acids is 2. The van der Waals surface area contributed by atoms with E-state index in [-0.39, 0.29) is 12.6 Å². The van der Waals surface area contributed by atoms with Gasteiger partial charge in [-0.05, 0) is 44.0 Å². The first kappa shape index (κ1) is 20.2. The lowest BCUT2D eigenvalue weighted by Gasteiger charge is -2.19. The van der Waals surface area contributed by atoms with Crippen LogP contribution in [0.2, 0.25) is 0 Å². The molecule has 142 valence electrons. The summed E-state index contributed by atoms with van der Waals surface area (Å²) in [6.45, 7) is 6.05. The maximum Gasteiger partial charge on any atom is 0.407 e. The molecule has 5 heteroatoms. The zero-order valence-corrected chi connectivity index (χ0v) is 15.9. The number of nitrogens with one attached hydrogen (secondary N) is 1. The predicted molar refractivity (Wildman–Crippen MR) is 105 cm³/mol. The van der Waals surface area contributed by atoms with Gasteiger partial charge in [0.05, 0.1) is 5.56 Å². The highest BCUT2D eigenvalue weighted by molar-refractivity contribution is 5.90. The smallest absolute Gasteiger partial charge is 0.407 e. The quantitative estimate of drug-likeness (QED) is 0.759. The van der Waals surface area contributed by atoms with E-state index in [0.29, 0.717) is 12.1 Å². The maximum atomic E-state index is 12.1. The molecule has 0 aliphatic carbocycles. The molecular weight excluding hydrogens is 342 g/mol. The van der Waals surface area contributed by atoms with E-state index in [1.807, 2.05) is 63.2 Å². The van der Waals surface area contributed by atoms with Gasteiger partial charge in [0.1, 0.15) is 12.2 Å². The Morgan fingerprint density at radius 1 is 1.04 bits per heavy atom. The first-order valence-electron chi connectivity index (χ1n) is 8.78. The molecule has 1 amide bonds. The Hall–Kier alpha value is -3.08. The molecule has 0 heterocycles. The lowest BCUT2D eigenvalue weighted by atomic mass is 10.1. The average Bonchev–Trinajstić information content (AvgIpc) is 2.63. The zero-order chi connectivity index (χ0) is 19.7. The van der Waals surface area contributed by atoms with Crippen LogP contribution in [-0.4, -0.2) is 24.2 Å². The SMILES string of the molecule is CC(C)(C)OC(=O)c1cccc(C=CCNC(=O)OCc2ccccc2)c1. The topological polar surface area (TPSA) is 64.6 Å². The van der Waals surface area contributed by atoms with Crippen molar-refractivity contribution in [2.24, 2.45) is 0 Å². The Labute approximate surface area is 160 Å². The molecule has 0 fully saturated rings. The first-order chi connectivity index (χ1) is 12.8. The summed E-state index contributed by atoms with van der Waals surface area (Å²) in [5.74, 6) is -0.361. The minimum Gasteiger partial charge on any atom is -0.456 e. The number of alkyl carbamates (subject to hydrolysis) is 1. The monoisotopic (exact) mass is 367 g/mol. The Morgan fingerprint density at radius 3 is 2.48 bits per heavy atom. The molecule has 27 heavy (non-hydrogen) atoms. The van der Waals surface area contributed by atoms with Gasteiger partial charge in [-0.25, -0.2) is 9.59 Å². The highest BCUT2D eigenvalue weighted by atomic mass is 16.6. The van der Waals surface area contributed by atoms with Crippen LogP contribution in [0.15, 0.2) is 60.7 Å². The molecule has 0 unspecified atom stereocenters. The summed E-state index contributed by atoms with van der Waals surface area (Å²) in [5, 5.41) is 2.65. The van der Waals surface area contributed by atoms with Crippen LogP contribution in [0.25, 0.3) is 6.08 Å². The van der Waals surface area contributed by atoms with Gasteiger partial charge in [-0.1, -0.05) is 54.6 Å². The van der Waals surface area contributed by atoms with Crippen molar-refractivity contribution in [3.63, 3.8) is 0 Å². The fourth-order valence-corrected chi connectivity index (χ4v) is 2.22. The number of amides is 1. The minimum atomic E-state index is -0.535. The molecule has 0 atom stereocenters. The maximum absolute atomic E-state index is 12.1. The Morgan fingerprint density at radius 2 is 1.78 bits per heavy atom. The van der Waals surface area contributed by atoms with Crippen LogP contribution in [0.3, 0.4) is 0 Å². The van der Waals surface area contributed by atoms with Gasteiger partial charge < -0.3 is 14.8 Å². The number of esters is 1. The second-order valence-electron chi connectivity index (χ2n) is 6.97. The van der Waals surface area contributed by atoms with Gasteiger partial charge in [0.25, 0.3) is 0 Å². The average molecular weight is 367 g/mol. The van der Waals surface area contributed by atoms with Crippen LogP contribution < -0.4 is 5.32 Å². The van der Waals surface area contributed by atoms with E-state index in [0.717, 1.165) is 11.1 Å². The van der Waals surface area contributed by atoms with E-state index < -0.39 is 11.7 Å². The molecule has 1 N–H and O–H groups in total. The third kappa shape index (κ3) is 7.77. The summed E-state index contributed by atoms with van der Waals surface area (Å²) in [7, 11) is 0. The Bertz CT molecular complexity index is 791. The van der Waals surface area contributed by atoms with Crippen LogP contribution in [0.4, 0.5) is 4.79 Å². The van der Waals surface area contributed by atoms with E-state index in [2.05, 4.69) is 5.32 Å². The Kier molecular flexibility index (Phi) is 7.17. The van der Waals surface area contributed by atoms with Gasteiger partial charge in [0, 0.05) is 6.54 Å². The van der Waals surface area contributed by atoms with Crippen LogP contribution in [-0.2, 0) is 16.1 Å². The molecule has 0 bridgehead atoms. The standard InChI is InChI=1S/C22H25NO4/c1-22(2,3)27-20(24)19-13-7-11-17(15-19)12-8-14-23-21(25)26-16-18-9-5-4-6-10-18/h4-13,15H,14,16H2,1-3H3,(H,23,25). The number of ether oxygens (including phenoxy) is 2. The second-order valence-corrected chi connectivity index (χ2v) is 6.97. The fraction of sp³-hybridized carbons (Fsp3) is 0.273. The lowest BCUT2D eigenvalue weighted by molar-refractivity contribution is 0.00694. The van der Waals surface area contributed by atoms with Gasteiger partial charge >= 0.3 is 12.1 Å². The van der Waals surface area contributed by atoms with Crippen LogP contribution in [0.5, 0.6) is 0 Å². The molecule has 0 aliphatic rings. The Balaban J connectivity index is 1.79. The summed E-state index contributed by atoms with van der Waals surface area (Å²) in [4.78, 5) is 23.8. The molecule has 2 aromatic carbocycles. The van der Waals surface area contributed by atoms with Crippen molar-refractivity contribution < 1.29 is 19.1 Å². The van der Waals surface area contributed by atoms with Gasteiger partial charge in [-0.2, -0.15) is 0 Å². The third-order valence-electron chi connectivity index (χ3n) is 3.41. The van der Waals surface area contributed by atoms with Gasteiger partial charge in [-0.3, -0.25) is 0 Å². The van der Waals surface area contributed by atoms with Crippen molar-refractivity contribution in [2.75, 3.05) is 6.54 Å². The molecule has 2 aromatic rings. The molecule has 5 nitrogen and oxygen atoms in total. The highest BCUT2D eigenvalue weighted by Gasteiger charge is 2.17. The summed E-state index contributed by atoms with van der Waals surface area (Å²) in [6.07, 6.45) is 3.13.